The number of ether oxygens (including phenoxy) is 2. The van der Waals surface area contributed by atoms with E-state index >= 15 is 0 Å². The van der Waals surface area contributed by atoms with Gasteiger partial charge in [0, 0.05) is 26.2 Å². The molecule has 0 atom stereocenters. The molecular formula is C22H36IN3O3. The van der Waals surface area contributed by atoms with E-state index in [4.69, 9.17) is 14.5 Å². The number of guanidine groups is 1. The lowest BCUT2D eigenvalue weighted by molar-refractivity contribution is -0.149. The number of hydrogen-bond acceptors (Lipinski definition) is 4. The van der Waals surface area contributed by atoms with Crippen molar-refractivity contribution in [2.24, 2.45) is 10.9 Å². The number of hydrogen-bond donors (Lipinski definition) is 1. The molecule has 6 nitrogen and oxygen atoms in total. The molecule has 29 heavy (non-hydrogen) atoms. The third-order valence-corrected chi connectivity index (χ3v) is 4.71. The summed E-state index contributed by atoms with van der Waals surface area (Å²) in [4.78, 5) is 19.0. The van der Waals surface area contributed by atoms with Gasteiger partial charge in [-0.15, -0.1) is 24.0 Å². The Morgan fingerprint density at radius 3 is 2.41 bits per heavy atom. The molecule has 1 aromatic carbocycles. The summed E-state index contributed by atoms with van der Waals surface area (Å²) in [6, 6.07) is 8.24. The highest BCUT2D eigenvalue weighted by Gasteiger charge is 2.27. The van der Waals surface area contributed by atoms with Crippen LogP contribution in [0.4, 0.5) is 0 Å². The van der Waals surface area contributed by atoms with Crippen molar-refractivity contribution in [3.8, 4) is 5.75 Å². The van der Waals surface area contributed by atoms with Gasteiger partial charge in [-0.05, 0) is 64.7 Å². The van der Waals surface area contributed by atoms with Gasteiger partial charge < -0.3 is 19.7 Å². The predicted octanol–water partition coefficient (Wildman–Crippen LogP) is 3.87. The third-order valence-electron chi connectivity index (χ3n) is 4.71. The average molecular weight is 517 g/mol. The fourth-order valence-corrected chi connectivity index (χ4v) is 3.31. The van der Waals surface area contributed by atoms with Gasteiger partial charge in [0.05, 0.1) is 18.6 Å². The molecule has 1 heterocycles. The standard InChI is InChI=1S/C22H35N3O3.HI/c1-5-23-22(25-15-12-19(13-16-25)21(26)27-6-2)24-14-11-18-7-9-20(10-8-18)28-17(3)4;/h7-10,17,19H,5-6,11-16H2,1-4H3,(H,23,24);1H. The lowest BCUT2D eigenvalue weighted by atomic mass is 9.97. The molecule has 1 aliphatic rings. The summed E-state index contributed by atoms with van der Waals surface area (Å²) >= 11 is 0. The SMILES string of the molecule is CCNC(=NCCc1ccc(OC(C)C)cc1)N1CCC(C(=O)OCC)CC1.I. The van der Waals surface area contributed by atoms with Crippen LogP contribution in [0.1, 0.15) is 46.1 Å². The molecule has 1 fully saturated rings. The topological polar surface area (TPSA) is 63.2 Å². The summed E-state index contributed by atoms with van der Waals surface area (Å²) in [5, 5.41) is 3.38. The van der Waals surface area contributed by atoms with Gasteiger partial charge in [0.25, 0.3) is 0 Å². The van der Waals surface area contributed by atoms with E-state index < -0.39 is 0 Å². The number of rotatable bonds is 8. The molecule has 7 heteroatoms. The molecular weight excluding hydrogens is 481 g/mol. The third kappa shape index (κ3) is 8.80. The van der Waals surface area contributed by atoms with Crippen LogP contribution in [-0.4, -0.2) is 55.7 Å². The highest BCUT2D eigenvalue weighted by atomic mass is 127. The van der Waals surface area contributed by atoms with Crippen molar-refractivity contribution in [3.05, 3.63) is 29.8 Å². The van der Waals surface area contributed by atoms with E-state index in [0.29, 0.717) is 6.61 Å². The molecule has 0 bridgehead atoms. The van der Waals surface area contributed by atoms with Crippen LogP contribution < -0.4 is 10.1 Å². The highest BCUT2D eigenvalue weighted by Crippen LogP contribution is 2.19. The van der Waals surface area contributed by atoms with E-state index in [1.54, 1.807) is 0 Å². The lowest BCUT2D eigenvalue weighted by Gasteiger charge is -2.33. The Hall–Kier alpha value is -1.51. The van der Waals surface area contributed by atoms with Gasteiger partial charge in [-0.25, -0.2) is 0 Å². The number of likely N-dealkylation sites (tertiary alicyclic amines) is 1. The maximum Gasteiger partial charge on any atom is 0.309 e. The fraction of sp³-hybridized carbons (Fsp3) is 0.636. The van der Waals surface area contributed by atoms with Crippen LogP contribution in [0.5, 0.6) is 5.75 Å². The summed E-state index contributed by atoms with van der Waals surface area (Å²) in [6.45, 7) is 11.7. The molecule has 1 aliphatic heterocycles. The van der Waals surface area contributed by atoms with Crippen LogP contribution in [-0.2, 0) is 16.0 Å². The first kappa shape index (κ1) is 25.5. The zero-order valence-electron chi connectivity index (χ0n) is 18.1. The van der Waals surface area contributed by atoms with Gasteiger partial charge >= 0.3 is 5.97 Å². The van der Waals surface area contributed by atoms with Crippen LogP contribution in [0.2, 0.25) is 0 Å². The smallest absolute Gasteiger partial charge is 0.309 e. The number of nitrogens with zero attached hydrogens (tertiary/aromatic N) is 2. The first-order valence-electron chi connectivity index (χ1n) is 10.5. The zero-order valence-corrected chi connectivity index (χ0v) is 20.5. The van der Waals surface area contributed by atoms with Crippen molar-refractivity contribution in [2.75, 3.05) is 32.8 Å². The fourth-order valence-electron chi connectivity index (χ4n) is 3.31. The molecule has 0 saturated carbocycles. The second-order valence-electron chi connectivity index (χ2n) is 7.31. The summed E-state index contributed by atoms with van der Waals surface area (Å²) in [6.07, 6.45) is 2.71. The van der Waals surface area contributed by atoms with Crippen LogP contribution in [0.25, 0.3) is 0 Å². The molecule has 0 amide bonds. The van der Waals surface area contributed by atoms with Crippen LogP contribution in [0.15, 0.2) is 29.3 Å². The summed E-state index contributed by atoms with van der Waals surface area (Å²) in [5.41, 5.74) is 1.25. The number of carbonyl (C=O) groups is 1. The number of piperidine rings is 1. The molecule has 1 aromatic rings. The minimum atomic E-state index is -0.0611. The largest absolute Gasteiger partial charge is 0.491 e. The number of esters is 1. The normalized spacial score (nSPS) is 15.1. The Morgan fingerprint density at radius 1 is 1.21 bits per heavy atom. The van der Waals surface area contributed by atoms with Crippen molar-refractivity contribution in [2.45, 2.75) is 53.1 Å². The zero-order chi connectivity index (χ0) is 20.4. The van der Waals surface area contributed by atoms with Crippen molar-refractivity contribution in [3.63, 3.8) is 0 Å². The number of nitrogens with one attached hydrogen (secondary N) is 1. The minimum absolute atomic E-state index is 0. The first-order chi connectivity index (χ1) is 13.5. The Bertz CT molecular complexity index is 627. The number of benzene rings is 1. The number of carbonyl (C=O) groups excluding carboxylic acids is 1. The predicted molar refractivity (Wildman–Crippen MR) is 128 cm³/mol. The summed E-state index contributed by atoms with van der Waals surface area (Å²) < 4.78 is 10.8. The molecule has 0 aromatic heterocycles. The molecule has 1 N–H and O–H groups in total. The van der Waals surface area contributed by atoms with E-state index in [0.717, 1.165) is 57.2 Å². The van der Waals surface area contributed by atoms with Gasteiger partial charge in [-0.1, -0.05) is 12.1 Å². The second-order valence-corrected chi connectivity index (χ2v) is 7.31. The molecule has 1 saturated heterocycles. The maximum absolute atomic E-state index is 11.9. The number of aliphatic imine (C=N–C) groups is 1. The van der Waals surface area contributed by atoms with E-state index in [2.05, 4.69) is 29.3 Å². The molecule has 0 aliphatic carbocycles. The molecule has 2 rings (SSSR count). The highest BCUT2D eigenvalue weighted by molar-refractivity contribution is 14.0. The van der Waals surface area contributed by atoms with Crippen LogP contribution in [0, 0.1) is 5.92 Å². The van der Waals surface area contributed by atoms with Gasteiger partial charge in [-0.2, -0.15) is 0 Å². The molecule has 0 spiro atoms. The first-order valence-corrected chi connectivity index (χ1v) is 10.5. The van der Waals surface area contributed by atoms with E-state index in [9.17, 15) is 4.79 Å². The average Bonchev–Trinajstić information content (AvgIpc) is 2.68. The second kappa shape index (κ2) is 13.7. The molecule has 0 unspecified atom stereocenters. The Balaban J connectivity index is 0.00000420. The molecule has 164 valence electrons. The van der Waals surface area contributed by atoms with Gasteiger partial charge in [0.15, 0.2) is 5.96 Å². The van der Waals surface area contributed by atoms with Gasteiger partial charge in [0.2, 0.25) is 0 Å². The Labute approximate surface area is 192 Å². The van der Waals surface area contributed by atoms with Crippen LogP contribution >= 0.6 is 24.0 Å². The Morgan fingerprint density at radius 2 is 1.86 bits per heavy atom. The number of halogens is 1. The maximum atomic E-state index is 11.9. The summed E-state index contributed by atoms with van der Waals surface area (Å²) in [5.74, 6) is 1.80. The molecule has 0 radical (unpaired) electrons. The van der Waals surface area contributed by atoms with Gasteiger partial charge in [-0.3, -0.25) is 9.79 Å². The van der Waals surface area contributed by atoms with Gasteiger partial charge in [0.1, 0.15) is 5.75 Å². The van der Waals surface area contributed by atoms with Crippen LogP contribution in [0.3, 0.4) is 0 Å². The van der Waals surface area contributed by atoms with Crippen molar-refractivity contribution >= 4 is 35.9 Å². The lowest BCUT2D eigenvalue weighted by Crippen LogP contribution is -2.46. The van der Waals surface area contributed by atoms with E-state index in [-0.39, 0.29) is 42.0 Å². The quantitative estimate of drug-likeness (QED) is 0.246. The summed E-state index contributed by atoms with van der Waals surface area (Å²) in [7, 11) is 0. The van der Waals surface area contributed by atoms with Crippen molar-refractivity contribution in [1.29, 1.82) is 0 Å². The van der Waals surface area contributed by atoms with E-state index in [1.807, 2.05) is 32.9 Å². The Kier molecular flexibility index (Phi) is 12.0. The minimum Gasteiger partial charge on any atom is -0.491 e. The van der Waals surface area contributed by atoms with Crippen molar-refractivity contribution < 1.29 is 14.3 Å². The van der Waals surface area contributed by atoms with E-state index in [1.165, 1.54) is 5.56 Å². The monoisotopic (exact) mass is 517 g/mol. The van der Waals surface area contributed by atoms with Crippen molar-refractivity contribution in [1.82, 2.24) is 10.2 Å².